The van der Waals surface area contributed by atoms with Crippen molar-refractivity contribution in [2.75, 3.05) is 0 Å². The van der Waals surface area contributed by atoms with E-state index in [1.807, 2.05) is 0 Å². The second-order valence-electron chi connectivity index (χ2n) is 5.74. The molecule has 0 aromatic heterocycles. The van der Waals surface area contributed by atoms with E-state index >= 15 is 0 Å². The first-order valence-electron chi connectivity index (χ1n) is 8.33. The van der Waals surface area contributed by atoms with Crippen LogP contribution in [-0.2, 0) is 0 Å². The molecular formula is C21H20P+. The monoisotopic (exact) mass is 304 g/mol. The van der Waals surface area contributed by atoms with Gasteiger partial charge in [-0.2, -0.15) is 0 Å². The summed E-state index contributed by atoms with van der Waals surface area (Å²) in [5.74, 6) is 0. The van der Waals surface area contributed by atoms with Crippen LogP contribution < -0.4 is 15.9 Å². The van der Waals surface area contributed by atoms with Crippen LogP contribution in [0.15, 0.2) is 91.0 Å². The second kappa shape index (κ2) is 5.71. The number of hydrogen-bond donors (Lipinski definition) is 0. The van der Waals surface area contributed by atoms with Crippen LogP contribution in [0.3, 0.4) is 0 Å². The van der Waals surface area contributed by atoms with Crippen molar-refractivity contribution in [3.05, 3.63) is 91.0 Å². The van der Waals surface area contributed by atoms with E-state index in [-0.39, 0.29) is 5.64 Å². The SMILES string of the molecule is [2H]C1([P+](c2ccccc2)(c2ccccc2)c2ccccc2)CC1. The summed E-state index contributed by atoms with van der Waals surface area (Å²) in [6.07, 6.45) is 1.97. The lowest BCUT2D eigenvalue weighted by Gasteiger charge is -2.27. The van der Waals surface area contributed by atoms with E-state index in [4.69, 9.17) is 0 Å². The van der Waals surface area contributed by atoms with Crippen molar-refractivity contribution >= 4 is 23.2 Å². The number of hydrogen-bond acceptors (Lipinski definition) is 0. The zero-order valence-electron chi connectivity index (χ0n) is 13.5. The van der Waals surface area contributed by atoms with E-state index in [2.05, 4.69) is 91.0 Å². The maximum absolute atomic E-state index is 9.21. The fourth-order valence-electron chi connectivity index (χ4n) is 3.34. The van der Waals surface area contributed by atoms with Gasteiger partial charge in [0, 0.05) is 0 Å². The van der Waals surface area contributed by atoms with Crippen LogP contribution in [0.2, 0.25) is 0 Å². The van der Waals surface area contributed by atoms with Gasteiger partial charge in [0.1, 0.15) is 23.2 Å². The Hall–Kier alpha value is -1.91. The minimum atomic E-state index is -1.96. The van der Waals surface area contributed by atoms with Gasteiger partial charge in [0.25, 0.3) is 0 Å². The summed E-state index contributed by atoms with van der Waals surface area (Å²) in [4.78, 5) is 0. The molecule has 1 saturated carbocycles. The summed E-state index contributed by atoms with van der Waals surface area (Å²) in [6, 6.07) is 32.2. The Morgan fingerprint density at radius 2 is 0.909 bits per heavy atom. The fraction of sp³-hybridized carbons (Fsp3) is 0.143. The molecule has 0 spiro atoms. The predicted molar refractivity (Wildman–Crippen MR) is 98.2 cm³/mol. The van der Waals surface area contributed by atoms with E-state index in [0.29, 0.717) is 0 Å². The summed E-state index contributed by atoms with van der Waals surface area (Å²) in [5.41, 5.74) is -0.364. The van der Waals surface area contributed by atoms with Crippen LogP contribution in [0.5, 0.6) is 0 Å². The van der Waals surface area contributed by atoms with Crippen molar-refractivity contribution in [1.82, 2.24) is 0 Å². The molecular weight excluding hydrogens is 283 g/mol. The average Bonchev–Trinajstić information content (AvgIpc) is 3.37. The van der Waals surface area contributed by atoms with Gasteiger partial charge in [-0.05, 0) is 49.2 Å². The molecule has 0 aliphatic heterocycles. The molecule has 22 heavy (non-hydrogen) atoms. The zero-order valence-corrected chi connectivity index (χ0v) is 13.4. The highest BCUT2D eigenvalue weighted by atomic mass is 31.2. The Morgan fingerprint density at radius 3 is 1.18 bits per heavy atom. The van der Waals surface area contributed by atoms with Crippen molar-refractivity contribution in [3.8, 4) is 0 Å². The molecule has 1 aliphatic rings. The molecule has 1 aliphatic carbocycles. The van der Waals surface area contributed by atoms with Gasteiger partial charge in [0.2, 0.25) is 0 Å². The molecule has 0 amide bonds. The maximum atomic E-state index is 9.21. The Bertz CT molecular complexity index is 683. The number of benzene rings is 3. The summed E-state index contributed by atoms with van der Waals surface area (Å²) < 4.78 is 9.21. The largest absolute Gasteiger partial charge is 0.115 e. The Morgan fingerprint density at radius 1 is 0.591 bits per heavy atom. The molecule has 1 fully saturated rings. The van der Waals surface area contributed by atoms with Gasteiger partial charge in [-0.3, -0.25) is 0 Å². The lowest BCUT2D eigenvalue weighted by molar-refractivity contribution is 1.47. The van der Waals surface area contributed by atoms with Crippen molar-refractivity contribution in [1.29, 1.82) is 0 Å². The summed E-state index contributed by atoms with van der Waals surface area (Å²) >= 11 is 0. The lowest BCUT2D eigenvalue weighted by atomic mass is 10.4. The first-order chi connectivity index (χ1) is 11.3. The van der Waals surface area contributed by atoms with Gasteiger partial charge in [-0.1, -0.05) is 54.6 Å². The maximum Gasteiger partial charge on any atom is 0.115 e. The van der Waals surface area contributed by atoms with Gasteiger partial charge >= 0.3 is 0 Å². The molecule has 0 N–H and O–H groups in total. The van der Waals surface area contributed by atoms with Gasteiger partial charge < -0.3 is 0 Å². The highest BCUT2D eigenvalue weighted by molar-refractivity contribution is 7.96. The molecule has 108 valence electrons. The molecule has 0 heterocycles. The van der Waals surface area contributed by atoms with E-state index in [1.54, 1.807) is 0 Å². The molecule has 3 aromatic rings. The van der Waals surface area contributed by atoms with Crippen molar-refractivity contribution in [2.45, 2.75) is 18.5 Å². The zero-order chi connectivity index (χ0) is 15.8. The van der Waals surface area contributed by atoms with E-state index in [9.17, 15) is 1.37 Å². The molecule has 0 saturated heterocycles. The highest BCUT2D eigenvalue weighted by Gasteiger charge is 2.57. The standard InChI is InChI=1S/C21H20P/c1-4-10-18(11-5-1)22(21-16-17-21,19-12-6-2-7-13-19)20-14-8-3-9-15-20/h1-15,21H,16-17H2/q+1/i21D. The topological polar surface area (TPSA) is 0 Å². The van der Waals surface area contributed by atoms with E-state index < -0.39 is 7.26 Å². The minimum Gasteiger partial charge on any atom is -0.0620 e. The van der Waals surface area contributed by atoms with Crippen LogP contribution >= 0.6 is 7.26 Å². The van der Waals surface area contributed by atoms with Crippen LogP contribution in [0.25, 0.3) is 0 Å². The summed E-state index contributed by atoms with van der Waals surface area (Å²) in [7, 11) is -1.96. The third-order valence-electron chi connectivity index (χ3n) is 4.38. The number of rotatable bonds is 4. The van der Waals surface area contributed by atoms with Crippen LogP contribution in [0.1, 0.15) is 14.2 Å². The first kappa shape index (κ1) is 12.6. The van der Waals surface area contributed by atoms with Crippen molar-refractivity contribution in [2.24, 2.45) is 0 Å². The van der Waals surface area contributed by atoms with Crippen molar-refractivity contribution < 1.29 is 1.37 Å². The predicted octanol–water partition coefficient (Wildman–Crippen LogP) is 4.14. The molecule has 3 aromatic carbocycles. The van der Waals surface area contributed by atoms with Crippen molar-refractivity contribution in [3.63, 3.8) is 0 Å². The van der Waals surface area contributed by atoms with Crippen LogP contribution in [0.4, 0.5) is 0 Å². The fourth-order valence-corrected chi connectivity index (χ4v) is 7.97. The quantitative estimate of drug-likeness (QED) is 0.635. The molecule has 0 atom stereocenters. The molecule has 0 nitrogen and oxygen atoms in total. The Kier molecular flexibility index (Phi) is 3.27. The Labute approximate surface area is 134 Å². The average molecular weight is 304 g/mol. The molecule has 0 bridgehead atoms. The molecule has 0 unspecified atom stereocenters. The van der Waals surface area contributed by atoms with Gasteiger partial charge in [-0.25, -0.2) is 0 Å². The van der Waals surface area contributed by atoms with E-state index in [0.717, 1.165) is 12.8 Å². The normalized spacial score (nSPS) is 16.8. The van der Waals surface area contributed by atoms with Crippen LogP contribution in [0, 0.1) is 0 Å². The van der Waals surface area contributed by atoms with Gasteiger partial charge in [0.05, 0.1) is 7.01 Å². The lowest BCUT2D eigenvalue weighted by Crippen LogP contribution is -2.34. The molecule has 0 radical (unpaired) electrons. The third kappa shape index (κ3) is 2.19. The summed E-state index contributed by atoms with van der Waals surface area (Å²) in [6.45, 7) is 0. The van der Waals surface area contributed by atoms with Gasteiger partial charge in [-0.15, -0.1) is 0 Å². The third-order valence-corrected chi connectivity index (χ3v) is 8.99. The van der Waals surface area contributed by atoms with E-state index in [1.165, 1.54) is 15.9 Å². The molecule has 4 rings (SSSR count). The first-order valence-corrected chi connectivity index (χ1v) is 9.62. The summed E-state index contributed by atoms with van der Waals surface area (Å²) in [5, 5.41) is 3.97. The van der Waals surface area contributed by atoms with Gasteiger partial charge in [0.15, 0.2) is 0 Å². The van der Waals surface area contributed by atoms with Crippen LogP contribution in [-0.4, -0.2) is 5.64 Å². The Balaban J connectivity index is 2.07. The smallest absolute Gasteiger partial charge is 0.0620 e. The second-order valence-corrected chi connectivity index (χ2v) is 9.27. The highest BCUT2D eigenvalue weighted by Crippen LogP contribution is 2.67. The minimum absolute atomic E-state index is 0.364. The molecule has 1 heteroatoms.